The highest BCUT2D eigenvalue weighted by atomic mass is 16.4. The minimum atomic E-state index is -0.960. The van der Waals surface area contributed by atoms with Gasteiger partial charge in [0.1, 0.15) is 0 Å². The van der Waals surface area contributed by atoms with Crippen molar-refractivity contribution in [2.45, 2.75) is 26.3 Å². The molecule has 0 radical (unpaired) electrons. The zero-order chi connectivity index (χ0) is 21.3. The topological polar surface area (TPSA) is 68.7 Å². The van der Waals surface area contributed by atoms with E-state index in [0.29, 0.717) is 18.4 Å². The van der Waals surface area contributed by atoms with Gasteiger partial charge in [0.05, 0.1) is 24.1 Å². The van der Waals surface area contributed by atoms with E-state index in [-0.39, 0.29) is 5.56 Å². The van der Waals surface area contributed by atoms with Crippen molar-refractivity contribution in [2.75, 3.05) is 28.8 Å². The number of hydrogen-bond acceptors (Lipinski definition) is 5. The second-order valence-electron chi connectivity index (χ2n) is 7.79. The van der Waals surface area contributed by atoms with Gasteiger partial charge in [-0.2, -0.15) is 0 Å². The summed E-state index contributed by atoms with van der Waals surface area (Å²) >= 11 is 0. The van der Waals surface area contributed by atoms with Crippen LogP contribution in [-0.4, -0.2) is 35.8 Å². The van der Waals surface area contributed by atoms with Gasteiger partial charge in [-0.25, -0.2) is 4.79 Å². The lowest BCUT2D eigenvalue weighted by Crippen LogP contribution is -2.34. The van der Waals surface area contributed by atoms with Gasteiger partial charge in [0.15, 0.2) is 0 Å². The lowest BCUT2D eigenvalue weighted by Gasteiger charge is -2.26. The second-order valence-corrected chi connectivity index (χ2v) is 7.79. The summed E-state index contributed by atoms with van der Waals surface area (Å²) < 4.78 is 0. The number of aromatic carboxylic acids is 1. The number of hydrogen-bond donors (Lipinski definition) is 2. The maximum absolute atomic E-state index is 11.4. The summed E-state index contributed by atoms with van der Waals surface area (Å²) in [6.07, 6.45) is 4.00. The highest BCUT2D eigenvalue weighted by molar-refractivity contribution is 5.93. The van der Waals surface area contributed by atoms with Crippen LogP contribution in [0, 0.1) is 6.92 Å². The van der Waals surface area contributed by atoms with Crippen LogP contribution in [0.1, 0.15) is 28.4 Å². The molecule has 1 aromatic heterocycles. The Morgan fingerprint density at radius 3 is 2.67 bits per heavy atom. The largest absolute Gasteiger partial charge is 0.478 e. The first-order chi connectivity index (χ1) is 14.4. The summed E-state index contributed by atoms with van der Waals surface area (Å²) in [4.78, 5) is 19.9. The molecule has 4 rings (SSSR count). The van der Waals surface area contributed by atoms with E-state index in [9.17, 15) is 9.90 Å². The van der Waals surface area contributed by atoms with E-state index >= 15 is 0 Å². The zero-order valence-electron chi connectivity index (χ0n) is 17.5. The fraction of sp³-hybridized carbons (Fsp3) is 0.250. The van der Waals surface area contributed by atoms with E-state index in [4.69, 9.17) is 0 Å². The molecular formula is C24H26N4O2. The smallest absolute Gasteiger partial charge is 0.337 e. The van der Waals surface area contributed by atoms with Crippen LogP contribution in [0.4, 0.5) is 22.7 Å². The molecule has 154 valence electrons. The maximum atomic E-state index is 11.4. The standard InChI is InChI=1S/C24H26N4O2/c1-16-4-6-19(7-5-16)27(3)20-8-9-23-18(13-20)12-17(2)28(23)15-26-22-14-25-11-10-21(22)24(29)30/h4-11,13-14,17,26H,12,15H2,1-3H3,(H,29,30)/t17-/m0/s1. The summed E-state index contributed by atoms with van der Waals surface area (Å²) in [7, 11) is 2.08. The average molecular weight is 402 g/mol. The van der Waals surface area contributed by atoms with E-state index in [2.05, 4.69) is 83.5 Å². The molecule has 0 fully saturated rings. The first-order valence-electron chi connectivity index (χ1n) is 10.0. The summed E-state index contributed by atoms with van der Waals surface area (Å²) in [5, 5.41) is 12.6. The number of nitrogens with one attached hydrogen (secondary N) is 1. The van der Waals surface area contributed by atoms with E-state index in [0.717, 1.165) is 17.8 Å². The third-order valence-corrected chi connectivity index (χ3v) is 5.72. The lowest BCUT2D eigenvalue weighted by atomic mass is 10.1. The molecule has 0 spiro atoms. The Kier molecular flexibility index (Phi) is 5.31. The quantitative estimate of drug-likeness (QED) is 0.624. The minimum absolute atomic E-state index is 0.229. The summed E-state index contributed by atoms with van der Waals surface area (Å²) in [6.45, 7) is 4.80. The molecule has 6 nitrogen and oxygen atoms in total. The van der Waals surface area contributed by atoms with Gasteiger partial charge in [0, 0.05) is 36.3 Å². The predicted molar refractivity (Wildman–Crippen MR) is 121 cm³/mol. The van der Waals surface area contributed by atoms with Crippen LogP contribution in [0.3, 0.4) is 0 Å². The van der Waals surface area contributed by atoms with Crippen LogP contribution in [0.2, 0.25) is 0 Å². The highest BCUT2D eigenvalue weighted by Crippen LogP contribution is 2.36. The fourth-order valence-corrected chi connectivity index (χ4v) is 3.94. The molecule has 30 heavy (non-hydrogen) atoms. The van der Waals surface area contributed by atoms with Crippen LogP contribution in [0.25, 0.3) is 0 Å². The number of carbonyl (C=O) groups is 1. The number of carboxylic acid groups (broad SMARTS) is 1. The van der Waals surface area contributed by atoms with Crippen molar-refractivity contribution >= 4 is 28.7 Å². The Morgan fingerprint density at radius 1 is 1.20 bits per heavy atom. The van der Waals surface area contributed by atoms with Crippen molar-refractivity contribution in [1.82, 2.24) is 4.98 Å². The Hall–Kier alpha value is -3.54. The number of fused-ring (bicyclic) bond motifs is 1. The molecule has 0 bridgehead atoms. The normalized spacial score (nSPS) is 15.0. The van der Waals surface area contributed by atoms with Crippen LogP contribution < -0.4 is 15.1 Å². The third-order valence-electron chi connectivity index (χ3n) is 5.72. The van der Waals surface area contributed by atoms with Gasteiger partial charge in [-0.1, -0.05) is 17.7 Å². The van der Waals surface area contributed by atoms with Crippen molar-refractivity contribution < 1.29 is 9.90 Å². The molecule has 2 N–H and O–H groups in total. The van der Waals surface area contributed by atoms with Crippen molar-refractivity contribution in [2.24, 2.45) is 0 Å². The Labute approximate surface area is 176 Å². The van der Waals surface area contributed by atoms with E-state index in [1.807, 2.05) is 0 Å². The van der Waals surface area contributed by atoms with Crippen LogP contribution in [0.15, 0.2) is 60.9 Å². The van der Waals surface area contributed by atoms with Gasteiger partial charge in [0.25, 0.3) is 0 Å². The molecule has 6 heteroatoms. The Morgan fingerprint density at radius 2 is 1.93 bits per heavy atom. The first kappa shape index (κ1) is 19.8. The molecule has 0 saturated carbocycles. The molecule has 3 aromatic rings. The Balaban J connectivity index is 1.53. The number of carboxylic acids is 1. The van der Waals surface area contributed by atoms with E-state index in [1.165, 1.54) is 29.1 Å². The minimum Gasteiger partial charge on any atom is -0.478 e. The molecule has 0 aliphatic carbocycles. The zero-order valence-corrected chi connectivity index (χ0v) is 17.5. The van der Waals surface area contributed by atoms with E-state index in [1.54, 1.807) is 6.20 Å². The SMILES string of the molecule is Cc1ccc(N(C)c2ccc3c(c2)C[C@H](C)N3CNc2cnccc2C(=O)O)cc1. The number of benzene rings is 2. The molecule has 2 aromatic carbocycles. The molecule has 1 aliphatic heterocycles. The number of aromatic nitrogens is 1. The van der Waals surface area contributed by atoms with Gasteiger partial charge in [-0.05, 0) is 62.2 Å². The Bertz CT molecular complexity index is 1070. The number of anilines is 4. The van der Waals surface area contributed by atoms with Gasteiger partial charge in [0.2, 0.25) is 0 Å². The van der Waals surface area contributed by atoms with E-state index < -0.39 is 5.97 Å². The average Bonchev–Trinajstić information content (AvgIpc) is 3.06. The molecular weight excluding hydrogens is 376 g/mol. The third kappa shape index (κ3) is 3.81. The van der Waals surface area contributed by atoms with Crippen LogP contribution in [-0.2, 0) is 6.42 Å². The van der Waals surface area contributed by atoms with Crippen LogP contribution in [0.5, 0.6) is 0 Å². The molecule has 0 amide bonds. The summed E-state index contributed by atoms with van der Waals surface area (Å²) in [5.41, 5.74) is 6.79. The number of pyridine rings is 1. The molecule has 0 unspecified atom stereocenters. The van der Waals surface area contributed by atoms with Crippen LogP contribution >= 0.6 is 0 Å². The fourth-order valence-electron chi connectivity index (χ4n) is 3.94. The van der Waals surface area contributed by atoms with Crippen molar-refractivity contribution in [3.63, 3.8) is 0 Å². The predicted octanol–water partition coefficient (Wildman–Crippen LogP) is 4.68. The van der Waals surface area contributed by atoms with Gasteiger partial charge < -0.3 is 20.2 Å². The highest BCUT2D eigenvalue weighted by Gasteiger charge is 2.26. The molecule has 2 heterocycles. The summed E-state index contributed by atoms with van der Waals surface area (Å²) in [5.74, 6) is -0.960. The maximum Gasteiger partial charge on any atom is 0.337 e. The number of rotatable bonds is 6. The monoisotopic (exact) mass is 402 g/mol. The summed E-state index contributed by atoms with van der Waals surface area (Å²) in [6, 6.07) is 16.9. The number of aryl methyl sites for hydroxylation is 1. The van der Waals surface area contributed by atoms with Crippen molar-refractivity contribution in [1.29, 1.82) is 0 Å². The second kappa shape index (κ2) is 8.06. The van der Waals surface area contributed by atoms with Gasteiger partial charge in [-0.15, -0.1) is 0 Å². The number of nitrogens with zero attached hydrogens (tertiary/aromatic N) is 3. The van der Waals surface area contributed by atoms with Crippen molar-refractivity contribution in [3.05, 3.63) is 77.6 Å². The first-order valence-corrected chi connectivity index (χ1v) is 10.0. The molecule has 1 aliphatic rings. The lowest BCUT2D eigenvalue weighted by molar-refractivity contribution is 0.0698. The van der Waals surface area contributed by atoms with Gasteiger partial charge in [-0.3, -0.25) is 4.98 Å². The molecule has 0 saturated heterocycles. The van der Waals surface area contributed by atoms with Gasteiger partial charge >= 0.3 is 5.97 Å². The van der Waals surface area contributed by atoms with Crippen molar-refractivity contribution in [3.8, 4) is 0 Å². The molecule has 1 atom stereocenters.